The quantitative estimate of drug-likeness (QED) is 0.787. The Labute approximate surface area is 150 Å². The number of ether oxygens (including phenoxy) is 1. The third-order valence-electron chi connectivity index (χ3n) is 5.44. The molecular weight excluding hydrogens is 375 g/mol. The predicted molar refractivity (Wildman–Crippen MR) is 92.0 cm³/mol. The first-order valence-corrected chi connectivity index (χ1v) is 9.44. The Balaban J connectivity index is 1.37. The Bertz CT molecular complexity index is 642. The lowest BCUT2D eigenvalue weighted by Gasteiger charge is -2.47. The van der Waals surface area contributed by atoms with E-state index in [1.807, 2.05) is 17.0 Å². The molecule has 4 rings (SSSR count). The van der Waals surface area contributed by atoms with Crippen LogP contribution in [0.2, 0.25) is 0 Å². The number of hydrogen-bond donors (Lipinski definition) is 0. The molecule has 3 fully saturated rings. The fraction of sp³-hybridized carbons (Fsp3) is 0.611. The number of carbonyl (C=O) groups is 1. The molecule has 0 radical (unpaired) electrons. The van der Waals surface area contributed by atoms with Gasteiger partial charge in [-0.25, -0.2) is 4.39 Å². The molecule has 2 saturated heterocycles. The minimum absolute atomic E-state index is 0.141. The number of piperidine rings is 1. The van der Waals surface area contributed by atoms with E-state index in [1.54, 1.807) is 0 Å². The van der Waals surface area contributed by atoms with Crippen LogP contribution < -0.4 is 0 Å². The van der Waals surface area contributed by atoms with E-state index < -0.39 is 0 Å². The number of hydrogen-bond acceptors (Lipinski definition) is 3. The fourth-order valence-electron chi connectivity index (χ4n) is 3.77. The Kier molecular flexibility index (Phi) is 4.39. The number of amides is 1. The van der Waals surface area contributed by atoms with Crippen LogP contribution in [0.4, 0.5) is 4.39 Å². The highest BCUT2D eigenvalue weighted by molar-refractivity contribution is 9.10. The summed E-state index contributed by atoms with van der Waals surface area (Å²) < 4.78 is 20.8. The second-order valence-corrected chi connectivity index (χ2v) is 8.15. The van der Waals surface area contributed by atoms with Gasteiger partial charge in [-0.15, -0.1) is 0 Å². The summed E-state index contributed by atoms with van der Waals surface area (Å²) in [6.45, 7) is 3.33. The summed E-state index contributed by atoms with van der Waals surface area (Å²) in [6.07, 6.45) is 4.08. The summed E-state index contributed by atoms with van der Waals surface area (Å²) in [4.78, 5) is 16.3. The third-order valence-corrected chi connectivity index (χ3v) is 5.94. The van der Waals surface area contributed by atoms with E-state index in [0.717, 1.165) is 55.4 Å². The molecule has 2 heterocycles. The van der Waals surface area contributed by atoms with Gasteiger partial charge in [0.1, 0.15) is 12.4 Å². The first kappa shape index (κ1) is 16.5. The van der Waals surface area contributed by atoms with Gasteiger partial charge in [0.15, 0.2) is 0 Å². The zero-order chi connectivity index (χ0) is 16.7. The Morgan fingerprint density at radius 1 is 1.29 bits per heavy atom. The molecule has 6 heteroatoms. The van der Waals surface area contributed by atoms with Crippen LogP contribution >= 0.6 is 15.9 Å². The summed E-state index contributed by atoms with van der Waals surface area (Å²) in [5.41, 5.74) is 0.541. The number of halogens is 2. The van der Waals surface area contributed by atoms with Crippen molar-refractivity contribution in [3.63, 3.8) is 0 Å². The molecule has 0 aromatic heterocycles. The molecule has 0 unspecified atom stereocenters. The van der Waals surface area contributed by atoms with E-state index in [0.29, 0.717) is 12.6 Å². The number of likely N-dealkylation sites (tertiary alicyclic amines) is 1. The minimum Gasteiger partial charge on any atom is -0.363 e. The summed E-state index contributed by atoms with van der Waals surface area (Å²) >= 11 is 3.29. The molecule has 3 aliphatic rings. The second kappa shape index (κ2) is 6.39. The van der Waals surface area contributed by atoms with Gasteiger partial charge in [0.05, 0.1) is 12.1 Å². The average molecular weight is 397 g/mol. The molecule has 0 bridgehead atoms. The van der Waals surface area contributed by atoms with Crippen LogP contribution in [-0.4, -0.2) is 53.6 Å². The molecule has 1 aromatic carbocycles. The second-order valence-electron chi connectivity index (χ2n) is 7.24. The van der Waals surface area contributed by atoms with Gasteiger partial charge >= 0.3 is 0 Å². The van der Waals surface area contributed by atoms with Gasteiger partial charge in [0, 0.05) is 35.7 Å². The van der Waals surface area contributed by atoms with E-state index in [2.05, 4.69) is 20.8 Å². The molecule has 130 valence electrons. The van der Waals surface area contributed by atoms with Crippen LogP contribution in [0, 0.1) is 5.82 Å². The van der Waals surface area contributed by atoms with Gasteiger partial charge in [-0.1, -0.05) is 22.0 Å². The molecule has 1 aliphatic carbocycles. The van der Waals surface area contributed by atoms with Crippen molar-refractivity contribution in [2.24, 2.45) is 0 Å². The summed E-state index contributed by atoms with van der Waals surface area (Å²) in [5.74, 6) is -0.0217. The summed E-state index contributed by atoms with van der Waals surface area (Å²) in [5, 5.41) is 0. The maximum absolute atomic E-state index is 14.0. The van der Waals surface area contributed by atoms with Gasteiger partial charge in [0.25, 0.3) is 0 Å². The van der Waals surface area contributed by atoms with Crippen molar-refractivity contribution >= 4 is 21.8 Å². The van der Waals surface area contributed by atoms with E-state index >= 15 is 0 Å². The summed E-state index contributed by atoms with van der Waals surface area (Å²) in [7, 11) is 0. The van der Waals surface area contributed by atoms with Gasteiger partial charge in [-0.3, -0.25) is 9.69 Å². The predicted octanol–water partition coefficient (Wildman–Crippen LogP) is 2.94. The van der Waals surface area contributed by atoms with Crippen molar-refractivity contribution in [3.05, 3.63) is 34.1 Å². The van der Waals surface area contributed by atoms with Crippen LogP contribution in [0.1, 0.15) is 31.2 Å². The zero-order valence-corrected chi connectivity index (χ0v) is 15.2. The SMILES string of the molecule is O=C1COC2(CCN(Cc3ccc(Br)cc3F)CC2)CN1C1CC1. The largest absolute Gasteiger partial charge is 0.363 e. The van der Waals surface area contributed by atoms with Crippen LogP contribution in [0.25, 0.3) is 0 Å². The monoisotopic (exact) mass is 396 g/mol. The van der Waals surface area contributed by atoms with Crippen molar-refractivity contribution < 1.29 is 13.9 Å². The molecule has 0 N–H and O–H groups in total. The molecular formula is C18H22BrFN2O2. The number of nitrogens with zero attached hydrogens (tertiary/aromatic N) is 2. The van der Waals surface area contributed by atoms with Gasteiger partial charge in [-0.05, 0) is 37.8 Å². The molecule has 4 nitrogen and oxygen atoms in total. The van der Waals surface area contributed by atoms with Crippen LogP contribution in [-0.2, 0) is 16.1 Å². The highest BCUT2D eigenvalue weighted by Crippen LogP contribution is 2.36. The molecule has 1 saturated carbocycles. The molecule has 24 heavy (non-hydrogen) atoms. The average Bonchev–Trinajstić information content (AvgIpc) is 3.40. The van der Waals surface area contributed by atoms with E-state index in [4.69, 9.17) is 4.74 Å². The van der Waals surface area contributed by atoms with Crippen molar-refractivity contribution in [2.45, 2.75) is 43.9 Å². The lowest BCUT2D eigenvalue weighted by Crippen LogP contribution is -2.59. The molecule has 1 aromatic rings. The minimum atomic E-state index is -0.189. The topological polar surface area (TPSA) is 32.8 Å². The van der Waals surface area contributed by atoms with Gasteiger partial charge in [0.2, 0.25) is 5.91 Å². The maximum Gasteiger partial charge on any atom is 0.248 e. The van der Waals surface area contributed by atoms with E-state index in [1.165, 1.54) is 6.07 Å². The highest BCUT2D eigenvalue weighted by atomic mass is 79.9. The summed E-state index contributed by atoms with van der Waals surface area (Å²) in [6, 6.07) is 5.69. The Morgan fingerprint density at radius 2 is 2.04 bits per heavy atom. The number of benzene rings is 1. The Morgan fingerprint density at radius 3 is 2.71 bits per heavy atom. The lowest BCUT2D eigenvalue weighted by molar-refractivity contribution is -0.172. The van der Waals surface area contributed by atoms with Gasteiger partial charge < -0.3 is 9.64 Å². The fourth-order valence-corrected chi connectivity index (χ4v) is 4.11. The number of morpholine rings is 1. The number of carbonyl (C=O) groups excluding carboxylic acids is 1. The van der Waals surface area contributed by atoms with Crippen LogP contribution in [0.3, 0.4) is 0 Å². The maximum atomic E-state index is 14.0. The molecule has 1 spiro atoms. The highest BCUT2D eigenvalue weighted by Gasteiger charge is 2.46. The van der Waals surface area contributed by atoms with Gasteiger partial charge in [-0.2, -0.15) is 0 Å². The third kappa shape index (κ3) is 3.37. The normalized spacial score (nSPS) is 24.6. The molecule has 0 atom stereocenters. The van der Waals surface area contributed by atoms with Crippen LogP contribution in [0.15, 0.2) is 22.7 Å². The first-order chi connectivity index (χ1) is 11.5. The molecule has 2 aliphatic heterocycles. The van der Waals surface area contributed by atoms with Crippen molar-refractivity contribution in [2.75, 3.05) is 26.2 Å². The van der Waals surface area contributed by atoms with E-state index in [-0.39, 0.29) is 23.9 Å². The first-order valence-electron chi connectivity index (χ1n) is 8.64. The van der Waals surface area contributed by atoms with Crippen LogP contribution in [0.5, 0.6) is 0 Å². The van der Waals surface area contributed by atoms with Crippen molar-refractivity contribution in [1.29, 1.82) is 0 Å². The lowest BCUT2D eigenvalue weighted by atomic mass is 9.89. The molecule has 1 amide bonds. The number of rotatable bonds is 3. The van der Waals surface area contributed by atoms with E-state index in [9.17, 15) is 9.18 Å². The Hall–Kier alpha value is -0.980. The standard InChI is InChI=1S/C18H22BrFN2O2/c19-14-2-1-13(16(20)9-14)10-21-7-5-18(6-8-21)12-22(15-3-4-15)17(23)11-24-18/h1-2,9,15H,3-8,10-12H2. The zero-order valence-electron chi connectivity index (χ0n) is 13.6. The smallest absolute Gasteiger partial charge is 0.248 e. The van der Waals surface area contributed by atoms with Crippen molar-refractivity contribution in [1.82, 2.24) is 9.80 Å². The van der Waals surface area contributed by atoms with Crippen molar-refractivity contribution in [3.8, 4) is 0 Å².